The van der Waals surface area contributed by atoms with Crippen LogP contribution >= 0.6 is 0 Å². The van der Waals surface area contributed by atoms with Gasteiger partial charge in [0.1, 0.15) is 51.2 Å². The van der Waals surface area contributed by atoms with Gasteiger partial charge in [-0.1, -0.05) is 25.3 Å². The minimum Gasteiger partial charge on any atom is -0.492 e. The third kappa shape index (κ3) is 10.9. The monoisotopic (exact) mass is 456 g/mol. The van der Waals surface area contributed by atoms with Crippen molar-refractivity contribution in [2.75, 3.05) is 66.1 Å². The first kappa shape index (κ1) is 27.1. The number of hydrogen-bond donors (Lipinski definition) is 0. The molecular formula is C22H32O10. The molecule has 0 unspecified atom stereocenters. The van der Waals surface area contributed by atoms with Crippen LogP contribution in [0.5, 0.6) is 0 Å². The first-order chi connectivity index (χ1) is 15.5. The Labute approximate surface area is 188 Å². The zero-order valence-corrected chi connectivity index (χ0v) is 18.7. The second kappa shape index (κ2) is 16.7. The summed E-state index contributed by atoms with van der Waals surface area (Å²) in [6.45, 7) is 11.6. The van der Waals surface area contributed by atoms with Gasteiger partial charge in [0.15, 0.2) is 0 Å². The van der Waals surface area contributed by atoms with Crippen LogP contribution in [0.1, 0.15) is 13.8 Å². The normalized spacial score (nSPS) is 21.8. The Morgan fingerprint density at radius 3 is 1.38 bits per heavy atom. The highest BCUT2D eigenvalue weighted by molar-refractivity contribution is 5.87. The van der Waals surface area contributed by atoms with E-state index in [0.717, 1.165) is 0 Å². The van der Waals surface area contributed by atoms with Crippen LogP contribution in [0.2, 0.25) is 0 Å². The number of carbonyl (C=O) groups excluding carboxylic acids is 2. The first-order valence-corrected chi connectivity index (χ1v) is 10.2. The Morgan fingerprint density at radius 2 is 1.03 bits per heavy atom. The highest BCUT2D eigenvalue weighted by atomic mass is 16.6. The summed E-state index contributed by atoms with van der Waals surface area (Å²) in [6, 6.07) is 0. The molecule has 1 aliphatic rings. The number of carbonyl (C=O) groups is 2. The van der Waals surface area contributed by atoms with Crippen LogP contribution in [0, 0.1) is 0 Å². The van der Waals surface area contributed by atoms with Gasteiger partial charge in [0.05, 0.1) is 26.4 Å². The van der Waals surface area contributed by atoms with E-state index in [1.165, 1.54) is 12.2 Å². The summed E-state index contributed by atoms with van der Waals surface area (Å²) in [4.78, 5) is 24.4. The summed E-state index contributed by atoms with van der Waals surface area (Å²) >= 11 is 0. The zero-order valence-electron chi connectivity index (χ0n) is 18.7. The Hall–Kier alpha value is -2.98. The van der Waals surface area contributed by atoms with E-state index in [1.54, 1.807) is 13.8 Å². The molecule has 0 fully saturated rings. The van der Waals surface area contributed by atoms with E-state index < -0.39 is 11.9 Å². The quantitative estimate of drug-likeness (QED) is 0.435. The molecule has 0 N–H and O–H groups in total. The van der Waals surface area contributed by atoms with Crippen molar-refractivity contribution >= 4 is 11.9 Å². The molecule has 10 heteroatoms. The molecule has 0 radical (unpaired) electrons. The maximum absolute atomic E-state index is 12.2. The summed E-state index contributed by atoms with van der Waals surface area (Å²) in [5.41, 5.74) is 0. The summed E-state index contributed by atoms with van der Waals surface area (Å²) in [5, 5.41) is 0. The maximum Gasteiger partial charge on any atom is 0.377 e. The minimum atomic E-state index is -0.661. The molecule has 0 aliphatic carbocycles. The fraction of sp³-hybridized carbons (Fsp3) is 0.545. The number of allylic oxidation sites excluding steroid dienone is 2. The zero-order chi connectivity index (χ0) is 23.6. The average Bonchev–Trinajstić information content (AvgIpc) is 2.78. The van der Waals surface area contributed by atoms with Crippen LogP contribution in [0.25, 0.3) is 0 Å². The van der Waals surface area contributed by atoms with Gasteiger partial charge in [-0.3, -0.25) is 0 Å². The van der Waals surface area contributed by atoms with Crippen molar-refractivity contribution in [3.05, 3.63) is 48.3 Å². The maximum atomic E-state index is 12.2. The lowest BCUT2D eigenvalue weighted by molar-refractivity contribution is -0.144. The molecule has 180 valence electrons. The predicted molar refractivity (Wildman–Crippen MR) is 113 cm³/mol. The van der Waals surface area contributed by atoms with Gasteiger partial charge in [-0.15, -0.1) is 0 Å². The highest BCUT2D eigenvalue weighted by Crippen LogP contribution is 2.12. The van der Waals surface area contributed by atoms with Gasteiger partial charge >= 0.3 is 11.9 Å². The van der Waals surface area contributed by atoms with Gasteiger partial charge in [0.25, 0.3) is 0 Å². The van der Waals surface area contributed by atoms with Crippen LogP contribution in [0.4, 0.5) is 0 Å². The van der Waals surface area contributed by atoms with Crippen molar-refractivity contribution in [3.63, 3.8) is 0 Å². The lowest BCUT2D eigenvalue weighted by Gasteiger charge is -2.16. The number of rotatable bonds is 6. The van der Waals surface area contributed by atoms with Crippen molar-refractivity contribution < 1.29 is 47.5 Å². The van der Waals surface area contributed by atoms with Crippen LogP contribution in [0.3, 0.4) is 0 Å². The molecule has 0 aromatic rings. The molecule has 32 heavy (non-hydrogen) atoms. The van der Waals surface area contributed by atoms with E-state index in [1.807, 2.05) is 0 Å². The van der Waals surface area contributed by atoms with E-state index in [0.29, 0.717) is 0 Å². The van der Waals surface area contributed by atoms with Gasteiger partial charge in [-0.25, -0.2) is 9.59 Å². The first-order valence-electron chi connectivity index (χ1n) is 10.2. The van der Waals surface area contributed by atoms with E-state index in [9.17, 15) is 9.59 Å². The van der Waals surface area contributed by atoms with E-state index in [-0.39, 0.29) is 89.1 Å². The lowest BCUT2D eigenvalue weighted by atomic mass is 10.4. The minimum absolute atomic E-state index is 0.0439. The second-order valence-corrected chi connectivity index (χ2v) is 6.16. The number of esters is 2. The second-order valence-electron chi connectivity index (χ2n) is 6.16. The van der Waals surface area contributed by atoms with E-state index >= 15 is 0 Å². The molecule has 1 heterocycles. The molecule has 1 aliphatic heterocycles. The molecule has 0 aromatic heterocycles. The van der Waals surface area contributed by atoms with Crippen LogP contribution in [-0.2, 0) is 47.5 Å². The molecule has 0 aromatic carbocycles. The number of ether oxygens (including phenoxy) is 8. The molecule has 0 saturated heterocycles. The van der Waals surface area contributed by atoms with Crippen LogP contribution < -0.4 is 0 Å². The molecule has 0 amide bonds. The van der Waals surface area contributed by atoms with Crippen LogP contribution in [-0.4, -0.2) is 78.0 Å². The molecule has 0 spiro atoms. The van der Waals surface area contributed by atoms with Gasteiger partial charge in [-0.05, 0) is 13.8 Å². The van der Waals surface area contributed by atoms with Crippen molar-refractivity contribution in [2.45, 2.75) is 13.8 Å². The standard InChI is InChI=1S/C22H32O10/c1-5-7-31-21(23)19-17(3)27-13-9-26-12-16-30-20(22(24)32-8-6-2)18(4)28-14-10-25-11-15-29-19/h5-6H,1-2,7-16H2,3-4H3/b19-17-,20-18-. The van der Waals surface area contributed by atoms with Crippen LogP contribution in [0.15, 0.2) is 48.3 Å². The number of hydrogen-bond acceptors (Lipinski definition) is 10. The van der Waals surface area contributed by atoms with Crippen molar-refractivity contribution in [3.8, 4) is 0 Å². The molecule has 0 bridgehead atoms. The van der Waals surface area contributed by atoms with Gasteiger partial charge in [-0.2, -0.15) is 0 Å². The Morgan fingerprint density at radius 1 is 0.688 bits per heavy atom. The van der Waals surface area contributed by atoms with Gasteiger partial charge in [0.2, 0.25) is 11.5 Å². The topological polar surface area (TPSA) is 108 Å². The molecule has 0 saturated carbocycles. The Kier molecular flexibility index (Phi) is 14.1. The van der Waals surface area contributed by atoms with Crippen molar-refractivity contribution in [1.82, 2.24) is 0 Å². The molecule has 1 rings (SSSR count). The fourth-order valence-electron chi connectivity index (χ4n) is 2.26. The van der Waals surface area contributed by atoms with E-state index in [4.69, 9.17) is 37.9 Å². The van der Waals surface area contributed by atoms with Gasteiger partial charge in [0, 0.05) is 0 Å². The lowest BCUT2D eigenvalue weighted by Crippen LogP contribution is -2.19. The predicted octanol–water partition coefficient (Wildman–Crippen LogP) is 2.02. The Bertz CT molecular complexity index is 622. The smallest absolute Gasteiger partial charge is 0.377 e. The Balaban J connectivity index is 2.75. The van der Waals surface area contributed by atoms with E-state index in [2.05, 4.69) is 13.2 Å². The molecule has 10 nitrogen and oxygen atoms in total. The summed E-state index contributed by atoms with van der Waals surface area (Å²) in [6.07, 6.45) is 2.91. The summed E-state index contributed by atoms with van der Waals surface area (Å²) in [5.74, 6) is -0.893. The van der Waals surface area contributed by atoms with Crippen molar-refractivity contribution in [2.24, 2.45) is 0 Å². The highest BCUT2D eigenvalue weighted by Gasteiger charge is 2.19. The third-order valence-corrected chi connectivity index (χ3v) is 3.72. The van der Waals surface area contributed by atoms with Gasteiger partial charge < -0.3 is 37.9 Å². The third-order valence-electron chi connectivity index (χ3n) is 3.72. The summed E-state index contributed by atoms with van der Waals surface area (Å²) < 4.78 is 43.0. The van der Waals surface area contributed by atoms with Crippen molar-refractivity contribution in [1.29, 1.82) is 0 Å². The molecule has 0 atom stereocenters. The average molecular weight is 456 g/mol. The molecular weight excluding hydrogens is 424 g/mol. The largest absolute Gasteiger partial charge is 0.492 e. The SMILES string of the molecule is C=CCOC(=O)/C1=C(\C)OCCOCCO/C(C(=O)OCC=C)=C(/C)OCCOCCO1. The summed E-state index contributed by atoms with van der Waals surface area (Å²) in [7, 11) is 0. The fourth-order valence-corrected chi connectivity index (χ4v) is 2.26.